The van der Waals surface area contributed by atoms with Gasteiger partial charge in [-0.1, -0.05) is 30.3 Å². The number of ether oxygens (including phenoxy) is 1. The predicted octanol–water partition coefficient (Wildman–Crippen LogP) is 2.44. The Hall–Kier alpha value is -1.28. The second-order valence-corrected chi connectivity index (χ2v) is 3.45. The highest BCUT2D eigenvalue weighted by molar-refractivity contribution is 5.22. The zero-order valence-electron chi connectivity index (χ0n) is 8.60. The van der Waals surface area contributed by atoms with Crippen molar-refractivity contribution >= 4 is 0 Å². The number of rotatable bonds is 4. The summed E-state index contributed by atoms with van der Waals surface area (Å²) in [4.78, 5) is 0. The molecule has 0 saturated carbocycles. The molecular weight excluding hydrogens is 176 g/mol. The number of hydrogen-bond acceptors (Lipinski definition) is 2. The van der Waals surface area contributed by atoms with Gasteiger partial charge >= 0.3 is 0 Å². The molecule has 1 unspecified atom stereocenters. The first-order chi connectivity index (χ1) is 6.67. The van der Waals surface area contributed by atoms with Crippen molar-refractivity contribution in [3.63, 3.8) is 0 Å². The van der Waals surface area contributed by atoms with Crippen LogP contribution in [0.4, 0.5) is 0 Å². The van der Waals surface area contributed by atoms with Gasteiger partial charge in [0, 0.05) is 6.42 Å². The van der Waals surface area contributed by atoms with Gasteiger partial charge in [-0.15, -0.1) is 0 Å². The lowest BCUT2D eigenvalue weighted by Gasteiger charge is -2.21. The lowest BCUT2D eigenvalue weighted by molar-refractivity contribution is 0.0599. The minimum Gasteiger partial charge on any atom is -0.505 e. The van der Waals surface area contributed by atoms with Crippen LogP contribution in [0.25, 0.3) is 0 Å². The summed E-state index contributed by atoms with van der Waals surface area (Å²) in [5.74, 6) is 0. The first-order valence-corrected chi connectivity index (χ1v) is 4.62. The Morgan fingerprint density at radius 2 is 2.00 bits per heavy atom. The van der Waals surface area contributed by atoms with Crippen LogP contribution in [0.15, 0.2) is 42.7 Å². The molecule has 0 bridgehead atoms. The van der Waals surface area contributed by atoms with Gasteiger partial charge in [-0.05, 0) is 18.6 Å². The standard InChI is InChI=1S/C12H16O2/c1-12(13,9-6-10-14-2)11-7-4-3-5-8-11/h3-8,10,13H,9H2,1-2H3. The van der Waals surface area contributed by atoms with Crippen LogP contribution in [0.3, 0.4) is 0 Å². The molecular formula is C12H16O2. The molecule has 0 saturated heterocycles. The van der Waals surface area contributed by atoms with Crippen molar-refractivity contribution in [1.29, 1.82) is 0 Å². The van der Waals surface area contributed by atoms with Gasteiger partial charge in [0.15, 0.2) is 0 Å². The van der Waals surface area contributed by atoms with Crippen LogP contribution < -0.4 is 0 Å². The van der Waals surface area contributed by atoms with E-state index >= 15 is 0 Å². The fraction of sp³-hybridized carbons (Fsp3) is 0.333. The molecule has 1 aromatic rings. The molecule has 1 N–H and O–H groups in total. The number of benzene rings is 1. The molecule has 0 spiro atoms. The van der Waals surface area contributed by atoms with Gasteiger partial charge in [-0.2, -0.15) is 0 Å². The van der Waals surface area contributed by atoms with Crippen LogP contribution >= 0.6 is 0 Å². The van der Waals surface area contributed by atoms with Gasteiger partial charge in [-0.3, -0.25) is 0 Å². The average molecular weight is 192 g/mol. The molecule has 2 heteroatoms. The maximum absolute atomic E-state index is 10.1. The van der Waals surface area contributed by atoms with Crippen molar-refractivity contribution in [2.24, 2.45) is 0 Å². The molecule has 0 radical (unpaired) electrons. The molecule has 1 aromatic carbocycles. The number of methoxy groups -OCH3 is 1. The minimum absolute atomic E-state index is 0.546. The Kier molecular flexibility index (Phi) is 3.72. The van der Waals surface area contributed by atoms with Gasteiger partial charge in [0.25, 0.3) is 0 Å². The molecule has 0 aromatic heterocycles. The Morgan fingerprint density at radius 1 is 1.36 bits per heavy atom. The van der Waals surface area contributed by atoms with Gasteiger partial charge in [-0.25, -0.2) is 0 Å². The minimum atomic E-state index is -0.823. The molecule has 76 valence electrons. The lowest BCUT2D eigenvalue weighted by Crippen LogP contribution is -2.19. The Labute approximate surface area is 84.8 Å². The second kappa shape index (κ2) is 4.82. The van der Waals surface area contributed by atoms with E-state index in [1.165, 1.54) is 0 Å². The molecule has 0 fully saturated rings. The summed E-state index contributed by atoms with van der Waals surface area (Å²) in [5, 5.41) is 10.1. The molecule has 0 aliphatic carbocycles. The van der Waals surface area contributed by atoms with E-state index in [2.05, 4.69) is 0 Å². The van der Waals surface area contributed by atoms with E-state index in [4.69, 9.17) is 4.74 Å². The fourth-order valence-electron chi connectivity index (χ4n) is 1.29. The smallest absolute Gasteiger partial charge is 0.0904 e. The highest BCUT2D eigenvalue weighted by Gasteiger charge is 2.20. The van der Waals surface area contributed by atoms with E-state index in [0.717, 1.165) is 5.56 Å². The topological polar surface area (TPSA) is 29.5 Å². The summed E-state index contributed by atoms with van der Waals surface area (Å²) in [5.41, 5.74) is 0.0942. The number of aliphatic hydroxyl groups is 1. The van der Waals surface area contributed by atoms with E-state index < -0.39 is 5.60 Å². The van der Waals surface area contributed by atoms with Gasteiger partial charge in [0.1, 0.15) is 0 Å². The van der Waals surface area contributed by atoms with Crippen molar-refractivity contribution in [3.8, 4) is 0 Å². The van der Waals surface area contributed by atoms with Crippen molar-refractivity contribution in [2.45, 2.75) is 18.9 Å². The first-order valence-electron chi connectivity index (χ1n) is 4.62. The van der Waals surface area contributed by atoms with E-state index in [-0.39, 0.29) is 0 Å². The molecule has 0 aliphatic rings. The molecule has 14 heavy (non-hydrogen) atoms. The summed E-state index contributed by atoms with van der Waals surface area (Å²) < 4.78 is 4.78. The summed E-state index contributed by atoms with van der Waals surface area (Å²) in [7, 11) is 1.59. The van der Waals surface area contributed by atoms with Crippen molar-refractivity contribution in [3.05, 3.63) is 48.2 Å². The highest BCUT2D eigenvalue weighted by Crippen LogP contribution is 2.24. The number of hydrogen-bond donors (Lipinski definition) is 1. The van der Waals surface area contributed by atoms with Gasteiger partial charge in [0.05, 0.1) is 19.0 Å². The largest absolute Gasteiger partial charge is 0.505 e. The monoisotopic (exact) mass is 192 g/mol. The Bertz CT molecular complexity index is 288. The normalized spacial score (nSPS) is 15.4. The molecule has 1 rings (SSSR count). The average Bonchev–Trinajstić information content (AvgIpc) is 2.19. The van der Waals surface area contributed by atoms with E-state index in [9.17, 15) is 5.11 Å². The zero-order valence-corrected chi connectivity index (χ0v) is 8.60. The van der Waals surface area contributed by atoms with Crippen LogP contribution in [0, 0.1) is 0 Å². The van der Waals surface area contributed by atoms with Crippen LogP contribution in [-0.2, 0) is 10.3 Å². The van der Waals surface area contributed by atoms with Crippen LogP contribution in [0.5, 0.6) is 0 Å². The fourth-order valence-corrected chi connectivity index (χ4v) is 1.29. The SMILES string of the molecule is COC=CCC(C)(O)c1ccccc1. The van der Waals surface area contributed by atoms with Crippen molar-refractivity contribution < 1.29 is 9.84 Å². The Morgan fingerprint density at radius 3 is 2.57 bits per heavy atom. The molecule has 0 amide bonds. The van der Waals surface area contributed by atoms with E-state index in [1.807, 2.05) is 36.4 Å². The van der Waals surface area contributed by atoms with Gasteiger partial charge in [0.2, 0.25) is 0 Å². The summed E-state index contributed by atoms with van der Waals surface area (Å²) in [6, 6.07) is 9.61. The van der Waals surface area contributed by atoms with Crippen molar-refractivity contribution in [1.82, 2.24) is 0 Å². The summed E-state index contributed by atoms with van der Waals surface area (Å²) in [6.07, 6.45) is 3.94. The Balaban J connectivity index is 2.70. The third-order valence-electron chi connectivity index (χ3n) is 2.14. The predicted molar refractivity (Wildman–Crippen MR) is 56.8 cm³/mol. The van der Waals surface area contributed by atoms with E-state index in [1.54, 1.807) is 20.3 Å². The van der Waals surface area contributed by atoms with Crippen molar-refractivity contribution in [2.75, 3.05) is 7.11 Å². The lowest BCUT2D eigenvalue weighted by atomic mass is 9.93. The molecule has 0 heterocycles. The maximum atomic E-state index is 10.1. The third-order valence-corrected chi connectivity index (χ3v) is 2.14. The van der Waals surface area contributed by atoms with Crippen LogP contribution in [0.1, 0.15) is 18.9 Å². The van der Waals surface area contributed by atoms with E-state index in [0.29, 0.717) is 6.42 Å². The molecule has 0 aliphatic heterocycles. The quantitative estimate of drug-likeness (QED) is 0.742. The molecule has 2 nitrogen and oxygen atoms in total. The second-order valence-electron chi connectivity index (χ2n) is 3.45. The van der Waals surface area contributed by atoms with Crippen LogP contribution in [0.2, 0.25) is 0 Å². The zero-order chi connectivity index (χ0) is 10.4. The third kappa shape index (κ3) is 2.89. The highest BCUT2D eigenvalue weighted by atomic mass is 16.5. The summed E-state index contributed by atoms with van der Waals surface area (Å²) >= 11 is 0. The van der Waals surface area contributed by atoms with Crippen LogP contribution in [-0.4, -0.2) is 12.2 Å². The van der Waals surface area contributed by atoms with Gasteiger partial charge < -0.3 is 9.84 Å². The first kappa shape index (κ1) is 10.8. The summed E-state index contributed by atoms with van der Waals surface area (Å²) in [6.45, 7) is 1.79. The maximum Gasteiger partial charge on any atom is 0.0904 e. The molecule has 1 atom stereocenters.